The van der Waals surface area contributed by atoms with Crippen molar-refractivity contribution in [2.75, 3.05) is 25.7 Å². The Balaban J connectivity index is 1.63. The Morgan fingerprint density at radius 3 is 2.36 bits per heavy atom. The zero-order valence-electron chi connectivity index (χ0n) is 19.4. The maximum atomic E-state index is 12.7. The first-order valence-corrected chi connectivity index (χ1v) is 11.6. The third kappa shape index (κ3) is 3.75. The third-order valence-corrected chi connectivity index (χ3v) is 6.83. The summed E-state index contributed by atoms with van der Waals surface area (Å²) in [5.41, 5.74) is 2.99. The van der Waals surface area contributed by atoms with E-state index in [4.69, 9.17) is 24.2 Å². The Labute approximate surface area is 193 Å². The molecule has 0 bridgehead atoms. The molecular weight excluding hydrogens is 418 g/mol. The average molecular weight is 448 g/mol. The van der Waals surface area contributed by atoms with Gasteiger partial charge in [0.05, 0.1) is 19.8 Å². The summed E-state index contributed by atoms with van der Waals surface area (Å²) in [6.07, 6.45) is 9.84. The molecule has 0 spiro atoms. The van der Waals surface area contributed by atoms with Crippen molar-refractivity contribution in [1.82, 2.24) is 9.97 Å². The Morgan fingerprint density at radius 2 is 1.70 bits per heavy atom. The van der Waals surface area contributed by atoms with Gasteiger partial charge >= 0.3 is 5.97 Å². The average Bonchev–Trinajstić information content (AvgIpc) is 3.23. The second kappa shape index (κ2) is 8.89. The second-order valence-corrected chi connectivity index (χ2v) is 8.64. The SMILES string of the molecule is CCN(c1ncc(-c2c3c(cc4cc(OC)c(OC)cc24)COC3=O)cn1)C1CCCCC1. The van der Waals surface area contributed by atoms with Crippen LogP contribution in [0.5, 0.6) is 11.5 Å². The maximum absolute atomic E-state index is 12.7. The minimum Gasteiger partial charge on any atom is -0.493 e. The number of ether oxygens (including phenoxy) is 3. The van der Waals surface area contributed by atoms with E-state index in [1.54, 1.807) is 14.2 Å². The van der Waals surface area contributed by atoms with Crippen molar-refractivity contribution in [1.29, 1.82) is 0 Å². The van der Waals surface area contributed by atoms with E-state index >= 15 is 0 Å². The summed E-state index contributed by atoms with van der Waals surface area (Å²) in [4.78, 5) is 24.5. The predicted molar refractivity (Wildman–Crippen MR) is 127 cm³/mol. The number of fused-ring (bicyclic) bond motifs is 2. The van der Waals surface area contributed by atoms with Gasteiger partial charge in [0.15, 0.2) is 11.5 Å². The number of carbonyl (C=O) groups is 1. The maximum Gasteiger partial charge on any atom is 0.339 e. The molecule has 5 rings (SSSR count). The van der Waals surface area contributed by atoms with Crippen molar-refractivity contribution in [3.8, 4) is 22.6 Å². The van der Waals surface area contributed by atoms with Gasteiger partial charge in [-0.1, -0.05) is 19.3 Å². The molecule has 0 radical (unpaired) electrons. The van der Waals surface area contributed by atoms with Crippen LogP contribution in [0.3, 0.4) is 0 Å². The van der Waals surface area contributed by atoms with Crippen LogP contribution in [0.25, 0.3) is 21.9 Å². The van der Waals surface area contributed by atoms with Gasteiger partial charge in [0.1, 0.15) is 6.61 Å². The van der Waals surface area contributed by atoms with E-state index in [9.17, 15) is 4.79 Å². The first-order chi connectivity index (χ1) is 16.1. The second-order valence-electron chi connectivity index (χ2n) is 8.64. The van der Waals surface area contributed by atoms with Crippen molar-refractivity contribution in [3.05, 3.63) is 41.7 Å². The number of carbonyl (C=O) groups excluding carboxylic acids is 1. The van der Waals surface area contributed by atoms with Gasteiger partial charge in [0.2, 0.25) is 5.95 Å². The minimum atomic E-state index is -0.321. The van der Waals surface area contributed by atoms with Crippen LogP contribution < -0.4 is 14.4 Å². The number of nitrogens with zero attached hydrogens (tertiary/aromatic N) is 3. The summed E-state index contributed by atoms with van der Waals surface area (Å²) in [5, 5.41) is 1.82. The van der Waals surface area contributed by atoms with Gasteiger partial charge < -0.3 is 19.1 Å². The van der Waals surface area contributed by atoms with Crippen LogP contribution in [0.4, 0.5) is 5.95 Å². The van der Waals surface area contributed by atoms with E-state index in [0.29, 0.717) is 23.1 Å². The topological polar surface area (TPSA) is 73.8 Å². The molecule has 33 heavy (non-hydrogen) atoms. The van der Waals surface area contributed by atoms with E-state index < -0.39 is 0 Å². The van der Waals surface area contributed by atoms with Crippen molar-refractivity contribution in [2.24, 2.45) is 0 Å². The highest BCUT2D eigenvalue weighted by molar-refractivity contribution is 6.11. The number of esters is 1. The van der Waals surface area contributed by atoms with E-state index in [2.05, 4.69) is 11.8 Å². The molecule has 2 heterocycles. The molecular formula is C26H29N3O4. The smallest absolute Gasteiger partial charge is 0.339 e. The lowest BCUT2D eigenvalue weighted by Gasteiger charge is -2.33. The van der Waals surface area contributed by atoms with E-state index in [1.165, 1.54) is 32.1 Å². The van der Waals surface area contributed by atoms with Crippen molar-refractivity contribution < 1.29 is 19.0 Å². The lowest BCUT2D eigenvalue weighted by molar-refractivity contribution is 0.0535. The number of hydrogen-bond donors (Lipinski definition) is 0. The van der Waals surface area contributed by atoms with E-state index in [1.807, 2.05) is 30.6 Å². The van der Waals surface area contributed by atoms with Crippen LogP contribution in [0.2, 0.25) is 0 Å². The Bertz CT molecular complexity index is 1190. The summed E-state index contributed by atoms with van der Waals surface area (Å²) >= 11 is 0. The standard InChI is InChI=1S/C26H29N3O4/c1-4-29(19-8-6-5-7-9-19)26-27-13-18(14-28-26)23-20-12-22(32-3)21(31-2)11-16(20)10-17-15-33-25(30)24(17)23/h10-14,19H,4-9,15H2,1-3H3. The molecule has 1 aromatic heterocycles. The van der Waals surface area contributed by atoms with Crippen molar-refractivity contribution in [3.63, 3.8) is 0 Å². The first-order valence-electron chi connectivity index (χ1n) is 11.6. The summed E-state index contributed by atoms with van der Waals surface area (Å²) < 4.78 is 16.4. The monoisotopic (exact) mass is 447 g/mol. The lowest BCUT2D eigenvalue weighted by atomic mass is 9.91. The molecule has 0 unspecified atom stereocenters. The van der Waals surface area contributed by atoms with Crippen molar-refractivity contribution >= 4 is 22.7 Å². The molecule has 7 nitrogen and oxygen atoms in total. The van der Waals surface area contributed by atoms with Crippen LogP contribution in [-0.2, 0) is 11.3 Å². The van der Waals surface area contributed by atoms with Crippen LogP contribution >= 0.6 is 0 Å². The summed E-state index contributed by atoms with van der Waals surface area (Å²) in [6.45, 7) is 3.28. The number of benzene rings is 2. The first kappa shape index (κ1) is 21.5. The molecule has 0 amide bonds. The predicted octanol–water partition coefficient (Wildman–Crippen LogP) is 5.14. The third-order valence-electron chi connectivity index (χ3n) is 6.83. The minimum absolute atomic E-state index is 0.260. The molecule has 1 saturated carbocycles. The van der Waals surface area contributed by atoms with Crippen LogP contribution in [-0.4, -0.2) is 42.7 Å². The summed E-state index contributed by atoms with van der Waals surface area (Å²) in [6, 6.07) is 6.31. The van der Waals surface area contributed by atoms with Gasteiger partial charge in [-0.05, 0) is 48.7 Å². The van der Waals surface area contributed by atoms with E-state index in [-0.39, 0.29) is 12.6 Å². The van der Waals surface area contributed by atoms with Gasteiger partial charge in [-0.25, -0.2) is 14.8 Å². The highest BCUT2D eigenvalue weighted by Crippen LogP contribution is 2.42. The lowest BCUT2D eigenvalue weighted by Crippen LogP contribution is -2.37. The Hall–Kier alpha value is -3.35. The van der Waals surface area contributed by atoms with Gasteiger partial charge in [0, 0.05) is 41.7 Å². The largest absolute Gasteiger partial charge is 0.493 e. The van der Waals surface area contributed by atoms with Crippen molar-refractivity contribution in [2.45, 2.75) is 51.7 Å². The number of hydrogen-bond acceptors (Lipinski definition) is 7. The molecule has 0 saturated heterocycles. The fourth-order valence-corrected chi connectivity index (χ4v) is 5.20. The zero-order valence-corrected chi connectivity index (χ0v) is 19.4. The molecule has 7 heteroatoms. The normalized spacial score (nSPS) is 15.9. The van der Waals surface area contributed by atoms with Gasteiger partial charge in [-0.3, -0.25) is 0 Å². The quantitative estimate of drug-likeness (QED) is 0.484. The summed E-state index contributed by atoms with van der Waals surface area (Å²) in [7, 11) is 3.22. The van der Waals surface area contributed by atoms with Crippen LogP contribution in [0, 0.1) is 0 Å². The molecule has 1 fully saturated rings. The fraction of sp³-hybridized carbons (Fsp3) is 0.423. The number of cyclic esters (lactones) is 1. The van der Waals surface area contributed by atoms with Crippen LogP contribution in [0.1, 0.15) is 54.9 Å². The molecule has 0 N–H and O–H groups in total. The number of aromatic nitrogens is 2. The number of anilines is 1. The molecule has 1 aliphatic carbocycles. The molecule has 2 aliphatic rings. The van der Waals surface area contributed by atoms with Crippen LogP contribution in [0.15, 0.2) is 30.6 Å². The zero-order chi connectivity index (χ0) is 22.9. The molecule has 2 aromatic carbocycles. The van der Waals surface area contributed by atoms with Gasteiger partial charge in [-0.2, -0.15) is 0 Å². The Kier molecular flexibility index (Phi) is 5.79. The fourth-order valence-electron chi connectivity index (χ4n) is 5.20. The van der Waals surface area contributed by atoms with Gasteiger partial charge in [-0.15, -0.1) is 0 Å². The highest BCUT2D eigenvalue weighted by atomic mass is 16.5. The highest BCUT2D eigenvalue weighted by Gasteiger charge is 2.29. The molecule has 0 atom stereocenters. The number of methoxy groups -OCH3 is 2. The van der Waals surface area contributed by atoms with Gasteiger partial charge in [0.25, 0.3) is 0 Å². The molecule has 172 valence electrons. The van der Waals surface area contributed by atoms with E-state index in [0.717, 1.165) is 40.0 Å². The Morgan fingerprint density at radius 1 is 1.00 bits per heavy atom. The molecule has 1 aliphatic heterocycles. The molecule has 3 aromatic rings. The summed E-state index contributed by atoms with van der Waals surface area (Å²) in [5.74, 6) is 1.66. The number of rotatable bonds is 6.